The Bertz CT molecular complexity index is 891. The lowest BCUT2D eigenvalue weighted by atomic mass is 10.2. The van der Waals surface area contributed by atoms with E-state index in [1.165, 1.54) is 0 Å². The molecule has 1 aromatic heterocycles. The summed E-state index contributed by atoms with van der Waals surface area (Å²) in [4.78, 5) is 21.2. The second-order valence-corrected chi connectivity index (χ2v) is 6.56. The molecule has 0 saturated carbocycles. The fourth-order valence-corrected chi connectivity index (χ4v) is 2.96. The normalized spacial score (nSPS) is 10.4. The van der Waals surface area contributed by atoms with E-state index in [1.807, 2.05) is 62.4 Å². The number of hydrogen-bond acceptors (Lipinski definition) is 4. The summed E-state index contributed by atoms with van der Waals surface area (Å²) in [5.41, 5.74) is 2.52. The summed E-state index contributed by atoms with van der Waals surface area (Å²) >= 11 is 2.14. The van der Waals surface area contributed by atoms with Crippen LogP contribution in [0.1, 0.15) is 21.7 Å². The van der Waals surface area contributed by atoms with E-state index in [9.17, 15) is 4.79 Å². The summed E-state index contributed by atoms with van der Waals surface area (Å²) in [5, 5.41) is 2.90. The Balaban J connectivity index is 1.83. The molecule has 1 heterocycles. The van der Waals surface area contributed by atoms with Crippen LogP contribution in [0.2, 0.25) is 0 Å². The predicted molar refractivity (Wildman–Crippen MR) is 105 cm³/mol. The first kappa shape index (κ1) is 17.3. The third-order valence-electron chi connectivity index (χ3n) is 3.56. The van der Waals surface area contributed by atoms with Crippen molar-refractivity contribution < 1.29 is 9.53 Å². The van der Waals surface area contributed by atoms with Crippen LogP contribution in [0.3, 0.4) is 0 Å². The van der Waals surface area contributed by atoms with Gasteiger partial charge in [0.15, 0.2) is 0 Å². The Hall–Kier alpha value is -2.48. The monoisotopic (exact) mass is 445 g/mol. The van der Waals surface area contributed by atoms with Crippen LogP contribution in [0, 0.1) is 17.4 Å². The highest BCUT2D eigenvalue weighted by Crippen LogP contribution is 2.24. The van der Waals surface area contributed by atoms with Crippen LogP contribution in [-0.2, 0) is 0 Å². The molecule has 1 amide bonds. The maximum Gasteiger partial charge on any atom is 0.322 e. The average molecular weight is 445 g/mol. The van der Waals surface area contributed by atoms with Gasteiger partial charge in [0, 0.05) is 3.57 Å². The molecule has 0 unspecified atom stereocenters. The van der Waals surface area contributed by atoms with Gasteiger partial charge in [0.1, 0.15) is 5.75 Å². The van der Waals surface area contributed by atoms with Crippen LogP contribution >= 0.6 is 22.6 Å². The lowest BCUT2D eigenvalue weighted by molar-refractivity contribution is 0.102. The van der Waals surface area contributed by atoms with Gasteiger partial charge in [0.2, 0.25) is 0 Å². The van der Waals surface area contributed by atoms with Gasteiger partial charge in [-0.3, -0.25) is 4.79 Å². The van der Waals surface area contributed by atoms with Crippen molar-refractivity contribution in [3.8, 4) is 11.8 Å². The smallest absolute Gasteiger partial charge is 0.322 e. The fourth-order valence-electron chi connectivity index (χ4n) is 2.33. The first-order valence-electron chi connectivity index (χ1n) is 7.68. The molecule has 0 radical (unpaired) electrons. The van der Waals surface area contributed by atoms with Crippen molar-refractivity contribution in [1.82, 2.24) is 9.97 Å². The zero-order valence-corrected chi connectivity index (χ0v) is 15.9. The van der Waals surface area contributed by atoms with Gasteiger partial charge in [-0.05, 0) is 60.7 Å². The summed E-state index contributed by atoms with van der Waals surface area (Å²) in [6.07, 6.45) is 0. The first-order valence-corrected chi connectivity index (χ1v) is 8.76. The molecule has 5 nitrogen and oxygen atoms in total. The van der Waals surface area contributed by atoms with Crippen molar-refractivity contribution in [2.45, 2.75) is 13.8 Å². The Kier molecular flexibility index (Phi) is 5.28. The maximum atomic E-state index is 12.5. The van der Waals surface area contributed by atoms with Crippen molar-refractivity contribution in [2.24, 2.45) is 0 Å². The molecule has 1 N–H and O–H groups in total. The Morgan fingerprint density at radius 1 is 0.960 bits per heavy atom. The molecule has 0 spiro atoms. The first-order chi connectivity index (χ1) is 12.0. The Labute approximate surface area is 159 Å². The summed E-state index contributed by atoms with van der Waals surface area (Å²) in [7, 11) is 0. The lowest BCUT2D eigenvalue weighted by Crippen LogP contribution is -2.16. The van der Waals surface area contributed by atoms with Crippen LogP contribution in [0.4, 0.5) is 5.69 Å². The van der Waals surface area contributed by atoms with Crippen LogP contribution in [0.25, 0.3) is 0 Å². The zero-order valence-electron chi connectivity index (χ0n) is 13.8. The minimum absolute atomic E-state index is 0.184. The van der Waals surface area contributed by atoms with Crippen LogP contribution in [-0.4, -0.2) is 15.9 Å². The van der Waals surface area contributed by atoms with Gasteiger partial charge in [-0.2, -0.15) is 9.97 Å². The van der Waals surface area contributed by atoms with Crippen LogP contribution in [0.15, 0.2) is 54.6 Å². The second-order valence-electron chi connectivity index (χ2n) is 5.40. The average Bonchev–Trinajstić information content (AvgIpc) is 2.59. The number of anilines is 1. The number of carbonyl (C=O) groups is 1. The van der Waals surface area contributed by atoms with Crippen LogP contribution in [0.5, 0.6) is 11.8 Å². The molecule has 0 saturated heterocycles. The number of aryl methyl sites for hydroxylation is 2. The van der Waals surface area contributed by atoms with Gasteiger partial charge in [-0.1, -0.05) is 30.3 Å². The van der Waals surface area contributed by atoms with E-state index in [1.54, 1.807) is 6.07 Å². The third kappa shape index (κ3) is 4.14. The van der Waals surface area contributed by atoms with E-state index in [0.717, 1.165) is 3.57 Å². The number of nitrogens with zero attached hydrogens (tertiary/aromatic N) is 2. The summed E-state index contributed by atoms with van der Waals surface area (Å²) in [5.74, 6) is 0.480. The third-order valence-corrected chi connectivity index (χ3v) is 4.50. The van der Waals surface area contributed by atoms with Crippen molar-refractivity contribution in [3.63, 3.8) is 0 Å². The highest BCUT2D eigenvalue weighted by atomic mass is 127. The molecular weight excluding hydrogens is 429 g/mol. The molecular formula is C19H16IN3O2. The predicted octanol–water partition coefficient (Wildman–Crippen LogP) is 4.74. The molecule has 0 aliphatic carbocycles. The number of benzene rings is 2. The van der Waals surface area contributed by atoms with E-state index in [-0.39, 0.29) is 11.9 Å². The molecule has 0 fully saturated rings. The number of halogens is 1. The van der Waals surface area contributed by atoms with E-state index in [2.05, 4.69) is 37.9 Å². The minimum atomic E-state index is -0.184. The SMILES string of the molecule is Cc1nc(Oc2ccccc2)nc(C)c1NC(=O)c1ccccc1I. The maximum absolute atomic E-state index is 12.5. The highest BCUT2D eigenvalue weighted by molar-refractivity contribution is 14.1. The molecule has 2 aromatic carbocycles. The molecule has 0 atom stereocenters. The van der Waals surface area contributed by atoms with E-state index < -0.39 is 0 Å². The van der Waals surface area contributed by atoms with Crippen molar-refractivity contribution in [1.29, 1.82) is 0 Å². The Morgan fingerprint density at radius 3 is 2.20 bits per heavy atom. The molecule has 0 aliphatic heterocycles. The molecule has 0 aliphatic rings. The number of nitrogens with one attached hydrogen (secondary N) is 1. The summed E-state index contributed by atoms with van der Waals surface area (Å²) in [6.45, 7) is 3.64. The summed E-state index contributed by atoms with van der Waals surface area (Å²) < 4.78 is 6.55. The van der Waals surface area contributed by atoms with Gasteiger partial charge in [0.05, 0.1) is 22.6 Å². The molecule has 25 heavy (non-hydrogen) atoms. The van der Waals surface area contributed by atoms with Gasteiger partial charge in [-0.15, -0.1) is 0 Å². The van der Waals surface area contributed by atoms with Crippen molar-refractivity contribution >= 4 is 34.2 Å². The molecule has 126 valence electrons. The number of aromatic nitrogens is 2. The number of ether oxygens (including phenoxy) is 1. The molecule has 3 rings (SSSR count). The van der Waals surface area contributed by atoms with Crippen molar-refractivity contribution in [3.05, 3.63) is 75.1 Å². The van der Waals surface area contributed by atoms with Crippen LogP contribution < -0.4 is 10.1 Å². The number of para-hydroxylation sites is 1. The van der Waals surface area contributed by atoms with Gasteiger partial charge >= 0.3 is 6.01 Å². The van der Waals surface area contributed by atoms with Gasteiger partial charge in [0.25, 0.3) is 5.91 Å². The molecule has 0 bridgehead atoms. The largest absolute Gasteiger partial charge is 0.424 e. The summed E-state index contributed by atoms with van der Waals surface area (Å²) in [6, 6.07) is 17.0. The molecule has 3 aromatic rings. The van der Waals surface area contributed by atoms with E-state index in [0.29, 0.717) is 28.4 Å². The van der Waals surface area contributed by atoms with E-state index >= 15 is 0 Å². The molecule has 6 heteroatoms. The number of carbonyl (C=O) groups excluding carboxylic acids is 1. The highest BCUT2D eigenvalue weighted by Gasteiger charge is 2.15. The number of rotatable bonds is 4. The minimum Gasteiger partial charge on any atom is -0.424 e. The van der Waals surface area contributed by atoms with Gasteiger partial charge in [-0.25, -0.2) is 0 Å². The number of amides is 1. The quantitative estimate of drug-likeness (QED) is 0.590. The van der Waals surface area contributed by atoms with Crippen molar-refractivity contribution in [2.75, 3.05) is 5.32 Å². The second kappa shape index (κ2) is 7.60. The lowest BCUT2D eigenvalue weighted by Gasteiger charge is -2.13. The van der Waals surface area contributed by atoms with E-state index in [4.69, 9.17) is 4.74 Å². The Morgan fingerprint density at radius 2 is 1.56 bits per heavy atom. The zero-order chi connectivity index (χ0) is 17.8. The standard InChI is InChI=1S/C19H16IN3O2/c1-12-17(23-18(24)15-10-6-7-11-16(15)20)13(2)22-19(21-12)25-14-8-4-3-5-9-14/h3-11H,1-2H3,(H,23,24). The number of hydrogen-bond donors (Lipinski definition) is 1. The van der Waals surface area contributed by atoms with Gasteiger partial charge < -0.3 is 10.1 Å². The fraction of sp³-hybridized carbons (Fsp3) is 0.105. The topological polar surface area (TPSA) is 64.1 Å².